The molecule has 0 aliphatic heterocycles. The minimum absolute atomic E-state index is 0.429. The van der Waals surface area contributed by atoms with Gasteiger partial charge in [0.05, 0.1) is 11.0 Å². The SMILES string of the molecule is CC(C)c1c(-n2c3ccccc3c3cccc(C(C)C)c32)n(C)c2ccccc12. The number of benzene rings is 3. The average molecular weight is 381 g/mol. The molecule has 0 saturated carbocycles. The average Bonchev–Trinajstić information content (AvgIpc) is 3.20. The van der Waals surface area contributed by atoms with Gasteiger partial charge in [0.1, 0.15) is 5.82 Å². The van der Waals surface area contributed by atoms with Gasteiger partial charge in [0.15, 0.2) is 0 Å². The summed E-state index contributed by atoms with van der Waals surface area (Å²) in [4.78, 5) is 0. The summed E-state index contributed by atoms with van der Waals surface area (Å²) < 4.78 is 4.91. The highest BCUT2D eigenvalue weighted by molar-refractivity contribution is 6.11. The molecule has 146 valence electrons. The Morgan fingerprint density at radius 1 is 0.621 bits per heavy atom. The van der Waals surface area contributed by atoms with Crippen LogP contribution < -0.4 is 0 Å². The van der Waals surface area contributed by atoms with E-state index in [0.717, 1.165) is 0 Å². The third-order valence-electron chi connectivity index (χ3n) is 6.25. The zero-order valence-electron chi connectivity index (χ0n) is 17.9. The van der Waals surface area contributed by atoms with E-state index in [1.807, 2.05) is 0 Å². The maximum Gasteiger partial charge on any atom is 0.122 e. The van der Waals surface area contributed by atoms with Crippen molar-refractivity contribution in [1.29, 1.82) is 0 Å². The number of nitrogens with zero attached hydrogens (tertiary/aromatic N) is 2. The first kappa shape index (κ1) is 18.1. The van der Waals surface area contributed by atoms with Crippen molar-refractivity contribution in [1.82, 2.24) is 9.13 Å². The molecule has 2 nitrogen and oxygen atoms in total. The van der Waals surface area contributed by atoms with Crippen LogP contribution in [-0.4, -0.2) is 9.13 Å². The van der Waals surface area contributed by atoms with Crippen molar-refractivity contribution in [3.05, 3.63) is 77.9 Å². The van der Waals surface area contributed by atoms with Gasteiger partial charge in [0.2, 0.25) is 0 Å². The highest BCUT2D eigenvalue weighted by Crippen LogP contribution is 2.41. The van der Waals surface area contributed by atoms with Crippen LogP contribution in [0.15, 0.2) is 66.7 Å². The molecule has 2 heteroatoms. The lowest BCUT2D eigenvalue weighted by molar-refractivity contribution is 0.817. The van der Waals surface area contributed by atoms with E-state index >= 15 is 0 Å². The van der Waals surface area contributed by atoms with Crippen LogP contribution in [0.1, 0.15) is 50.7 Å². The van der Waals surface area contributed by atoms with Crippen LogP contribution in [0.3, 0.4) is 0 Å². The molecule has 0 aliphatic carbocycles. The summed E-state index contributed by atoms with van der Waals surface area (Å²) in [6, 6.07) is 24.4. The minimum atomic E-state index is 0.429. The summed E-state index contributed by atoms with van der Waals surface area (Å²) in [6.07, 6.45) is 0. The van der Waals surface area contributed by atoms with Gasteiger partial charge in [-0.25, -0.2) is 0 Å². The van der Waals surface area contributed by atoms with Crippen LogP contribution in [-0.2, 0) is 7.05 Å². The number of hydrogen-bond acceptors (Lipinski definition) is 0. The number of hydrogen-bond donors (Lipinski definition) is 0. The predicted molar refractivity (Wildman–Crippen MR) is 125 cm³/mol. The molecule has 0 bridgehead atoms. The Kier molecular flexibility index (Phi) is 4.06. The van der Waals surface area contributed by atoms with Crippen LogP contribution >= 0.6 is 0 Å². The van der Waals surface area contributed by atoms with Crippen LogP contribution in [0, 0.1) is 0 Å². The van der Waals surface area contributed by atoms with Crippen LogP contribution in [0.2, 0.25) is 0 Å². The molecule has 5 rings (SSSR count). The Morgan fingerprint density at radius 2 is 1.24 bits per heavy atom. The van der Waals surface area contributed by atoms with E-state index in [2.05, 4.69) is 111 Å². The van der Waals surface area contributed by atoms with Gasteiger partial charge in [-0.3, -0.25) is 4.57 Å². The first-order valence-electron chi connectivity index (χ1n) is 10.6. The monoisotopic (exact) mass is 380 g/mol. The lowest BCUT2D eigenvalue weighted by Gasteiger charge is -2.17. The summed E-state index contributed by atoms with van der Waals surface area (Å²) in [7, 11) is 2.21. The molecule has 0 saturated heterocycles. The van der Waals surface area contributed by atoms with E-state index in [0.29, 0.717) is 11.8 Å². The molecule has 0 unspecified atom stereocenters. The fourth-order valence-electron chi connectivity index (χ4n) is 4.98. The maximum absolute atomic E-state index is 2.52. The lowest BCUT2D eigenvalue weighted by atomic mass is 9.99. The number of rotatable bonds is 3. The van der Waals surface area contributed by atoms with E-state index in [1.54, 1.807) is 0 Å². The van der Waals surface area contributed by atoms with Crippen molar-refractivity contribution in [3.8, 4) is 5.82 Å². The van der Waals surface area contributed by atoms with Crippen LogP contribution in [0.25, 0.3) is 38.5 Å². The van der Waals surface area contributed by atoms with Gasteiger partial charge in [-0.15, -0.1) is 0 Å². The molecule has 0 N–H and O–H groups in total. The van der Waals surface area contributed by atoms with Gasteiger partial charge < -0.3 is 4.57 Å². The predicted octanol–water partition coefficient (Wildman–Crippen LogP) is 7.52. The fraction of sp³-hybridized carbons (Fsp3) is 0.259. The van der Waals surface area contributed by atoms with Crippen LogP contribution in [0.4, 0.5) is 0 Å². The van der Waals surface area contributed by atoms with Crippen molar-refractivity contribution in [2.45, 2.75) is 39.5 Å². The smallest absolute Gasteiger partial charge is 0.122 e. The molecule has 2 heterocycles. The van der Waals surface area contributed by atoms with E-state index in [-0.39, 0.29) is 0 Å². The van der Waals surface area contributed by atoms with Gasteiger partial charge in [0, 0.05) is 34.3 Å². The summed E-state index contributed by atoms with van der Waals surface area (Å²) in [6.45, 7) is 9.20. The van der Waals surface area contributed by atoms with E-state index in [4.69, 9.17) is 0 Å². The van der Waals surface area contributed by atoms with Crippen LogP contribution in [0.5, 0.6) is 0 Å². The largest absolute Gasteiger partial charge is 0.330 e. The molecule has 0 fully saturated rings. The third-order valence-corrected chi connectivity index (χ3v) is 6.25. The van der Waals surface area contributed by atoms with Gasteiger partial charge >= 0.3 is 0 Å². The molecule has 0 radical (unpaired) electrons. The minimum Gasteiger partial charge on any atom is -0.330 e. The summed E-state index contributed by atoms with van der Waals surface area (Å²) in [5.74, 6) is 2.18. The molecule has 3 aromatic carbocycles. The standard InChI is InChI=1S/C27H28N2/c1-17(2)19-13-10-14-21-20-11-6-9-16-24(20)29(26(19)21)27-25(18(3)4)22-12-7-8-15-23(22)28(27)5/h6-18H,1-5H3. The molecular weight excluding hydrogens is 352 g/mol. The first-order chi connectivity index (χ1) is 14.0. The van der Waals surface area contributed by atoms with E-state index in [9.17, 15) is 0 Å². The van der Waals surface area contributed by atoms with Gasteiger partial charge in [0.25, 0.3) is 0 Å². The Balaban J connectivity index is 2.06. The summed E-state index contributed by atoms with van der Waals surface area (Å²) in [5.41, 5.74) is 6.74. The molecule has 0 atom stereocenters. The second kappa shape index (κ2) is 6.52. The maximum atomic E-state index is 2.52. The number of para-hydroxylation sites is 3. The number of aromatic nitrogens is 2. The normalized spacial score (nSPS) is 12.2. The van der Waals surface area contributed by atoms with Crippen molar-refractivity contribution >= 4 is 32.7 Å². The highest BCUT2D eigenvalue weighted by Gasteiger charge is 2.24. The van der Waals surface area contributed by atoms with Crippen molar-refractivity contribution in [2.24, 2.45) is 7.05 Å². The summed E-state index contributed by atoms with van der Waals surface area (Å²) in [5, 5.41) is 4.02. The lowest BCUT2D eigenvalue weighted by Crippen LogP contribution is -2.07. The topological polar surface area (TPSA) is 9.86 Å². The van der Waals surface area contributed by atoms with Crippen molar-refractivity contribution < 1.29 is 0 Å². The fourth-order valence-corrected chi connectivity index (χ4v) is 4.98. The van der Waals surface area contributed by atoms with Gasteiger partial charge in [-0.1, -0.05) is 82.3 Å². The molecule has 5 aromatic rings. The molecule has 0 aliphatic rings. The Bertz CT molecular complexity index is 1360. The van der Waals surface area contributed by atoms with Crippen molar-refractivity contribution in [3.63, 3.8) is 0 Å². The molecule has 0 amide bonds. The zero-order chi connectivity index (χ0) is 20.3. The second-order valence-corrected chi connectivity index (χ2v) is 8.72. The Labute approximate surface area is 172 Å². The molecule has 2 aromatic heterocycles. The first-order valence-corrected chi connectivity index (χ1v) is 10.6. The van der Waals surface area contributed by atoms with Gasteiger partial charge in [-0.2, -0.15) is 0 Å². The highest BCUT2D eigenvalue weighted by atomic mass is 15.2. The Morgan fingerprint density at radius 3 is 1.93 bits per heavy atom. The molecular formula is C27H28N2. The molecule has 29 heavy (non-hydrogen) atoms. The zero-order valence-corrected chi connectivity index (χ0v) is 17.9. The number of aryl methyl sites for hydroxylation is 1. The van der Waals surface area contributed by atoms with Crippen molar-refractivity contribution in [2.75, 3.05) is 0 Å². The Hall–Kier alpha value is -3.00. The third kappa shape index (κ3) is 2.48. The molecule has 0 spiro atoms. The van der Waals surface area contributed by atoms with E-state index in [1.165, 1.54) is 49.7 Å². The number of fused-ring (bicyclic) bond motifs is 4. The van der Waals surface area contributed by atoms with Gasteiger partial charge in [-0.05, 0) is 29.5 Å². The van der Waals surface area contributed by atoms with E-state index < -0.39 is 0 Å². The quantitative estimate of drug-likeness (QED) is 0.306. The summed E-state index contributed by atoms with van der Waals surface area (Å²) >= 11 is 0. The second-order valence-electron chi connectivity index (χ2n) is 8.72.